The molecule has 0 bridgehead atoms. The largest absolute Gasteiger partial charge is 0.349 e. The van der Waals surface area contributed by atoms with Crippen LogP contribution >= 0.6 is 0 Å². The van der Waals surface area contributed by atoms with Gasteiger partial charge >= 0.3 is 0 Å². The molecule has 3 heteroatoms. The Labute approximate surface area is 113 Å². The third-order valence-corrected chi connectivity index (χ3v) is 3.85. The van der Waals surface area contributed by atoms with E-state index in [9.17, 15) is 4.79 Å². The fourth-order valence-electron chi connectivity index (χ4n) is 2.78. The molecule has 0 aliphatic heterocycles. The monoisotopic (exact) mass is 254 g/mol. The van der Waals surface area contributed by atoms with E-state index in [0.717, 1.165) is 29.4 Å². The highest BCUT2D eigenvalue weighted by Gasteiger charge is 2.19. The number of rotatable bonds is 2. The molecule has 1 saturated carbocycles. The molecule has 1 aromatic heterocycles. The van der Waals surface area contributed by atoms with Crippen molar-refractivity contribution < 1.29 is 4.79 Å². The highest BCUT2D eigenvalue weighted by molar-refractivity contribution is 5.98. The van der Waals surface area contributed by atoms with Gasteiger partial charge in [-0.2, -0.15) is 0 Å². The summed E-state index contributed by atoms with van der Waals surface area (Å²) in [6, 6.07) is 10.2. The maximum absolute atomic E-state index is 12.3. The van der Waals surface area contributed by atoms with Crippen LogP contribution in [0.2, 0.25) is 0 Å². The van der Waals surface area contributed by atoms with Crippen LogP contribution in [0, 0.1) is 6.92 Å². The number of nitrogens with zero attached hydrogens (tertiary/aromatic N) is 1. The average Bonchev–Trinajstić information content (AvgIpc) is 2.90. The number of nitrogens with one attached hydrogen (secondary N) is 1. The molecule has 1 aliphatic carbocycles. The third-order valence-electron chi connectivity index (χ3n) is 3.85. The third kappa shape index (κ3) is 2.46. The van der Waals surface area contributed by atoms with E-state index in [0.29, 0.717) is 11.6 Å². The van der Waals surface area contributed by atoms with Crippen molar-refractivity contribution in [1.82, 2.24) is 10.3 Å². The van der Waals surface area contributed by atoms with Crippen molar-refractivity contribution in [2.24, 2.45) is 0 Å². The maximum atomic E-state index is 12.3. The van der Waals surface area contributed by atoms with Crippen LogP contribution in [0.3, 0.4) is 0 Å². The number of benzene rings is 1. The Morgan fingerprint density at radius 3 is 2.79 bits per heavy atom. The van der Waals surface area contributed by atoms with Crippen molar-refractivity contribution >= 4 is 16.8 Å². The van der Waals surface area contributed by atoms with Crippen LogP contribution in [0.5, 0.6) is 0 Å². The SMILES string of the molecule is Cc1nc2ccccc2cc1C(=O)NC1CCCC1. The second-order valence-electron chi connectivity index (χ2n) is 5.27. The van der Waals surface area contributed by atoms with E-state index in [2.05, 4.69) is 10.3 Å². The predicted molar refractivity (Wildman–Crippen MR) is 76.2 cm³/mol. The van der Waals surface area contributed by atoms with Gasteiger partial charge in [-0.1, -0.05) is 31.0 Å². The second-order valence-corrected chi connectivity index (χ2v) is 5.27. The summed E-state index contributed by atoms with van der Waals surface area (Å²) >= 11 is 0. The lowest BCUT2D eigenvalue weighted by Gasteiger charge is -2.13. The van der Waals surface area contributed by atoms with Gasteiger partial charge < -0.3 is 5.32 Å². The smallest absolute Gasteiger partial charge is 0.253 e. The molecule has 3 rings (SSSR count). The molecule has 0 unspecified atom stereocenters. The quantitative estimate of drug-likeness (QED) is 0.894. The number of carbonyl (C=O) groups excluding carboxylic acids is 1. The van der Waals surface area contributed by atoms with Crippen molar-refractivity contribution in [3.8, 4) is 0 Å². The Kier molecular flexibility index (Phi) is 3.20. The molecule has 1 amide bonds. The number of fused-ring (bicyclic) bond motifs is 1. The van der Waals surface area contributed by atoms with Gasteiger partial charge in [0.15, 0.2) is 0 Å². The Hall–Kier alpha value is -1.90. The van der Waals surface area contributed by atoms with E-state index in [1.165, 1.54) is 12.8 Å². The first-order chi connectivity index (χ1) is 9.24. The number of pyridine rings is 1. The summed E-state index contributed by atoms with van der Waals surface area (Å²) < 4.78 is 0. The van der Waals surface area contributed by atoms with Crippen LogP contribution in [-0.4, -0.2) is 16.9 Å². The minimum atomic E-state index is 0.0163. The molecule has 1 aliphatic rings. The molecule has 0 atom stereocenters. The van der Waals surface area contributed by atoms with Gasteiger partial charge in [0.2, 0.25) is 0 Å². The minimum Gasteiger partial charge on any atom is -0.349 e. The molecule has 3 nitrogen and oxygen atoms in total. The molecule has 0 spiro atoms. The molecule has 2 aromatic rings. The lowest BCUT2D eigenvalue weighted by molar-refractivity contribution is 0.0937. The molecule has 19 heavy (non-hydrogen) atoms. The lowest BCUT2D eigenvalue weighted by Crippen LogP contribution is -2.33. The van der Waals surface area contributed by atoms with Crippen LogP contribution in [0.4, 0.5) is 0 Å². The van der Waals surface area contributed by atoms with Crippen molar-refractivity contribution in [2.45, 2.75) is 38.6 Å². The molecular formula is C16H18N2O. The van der Waals surface area contributed by atoms with Gasteiger partial charge in [-0.15, -0.1) is 0 Å². The average molecular weight is 254 g/mol. The van der Waals surface area contributed by atoms with Gasteiger partial charge in [-0.3, -0.25) is 9.78 Å². The van der Waals surface area contributed by atoms with Gasteiger partial charge in [0.05, 0.1) is 16.8 Å². The highest BCUT2D eigenvalue weighted by atomic mass is 16.1. The van der Waals surface area contributed by atoms with E-state index in [1.807, 2.05) is 37.3 Å². The maximum Gasteiger partial charge on any atom is 0.253 e. The van der Waals surface area contributed by atoms with Crippen LogP contribution < -0.4 is 5.32 Å². The zero-order valence-electron chi connectivity index (χ0n) is 11.1. The van der Waals surface area contributed by atoms with Crippen molar-refractivity contribution in [3.63, 3.8) is 0 Å². The summed E-state index contributed by atoms with van der Waals surface area (Å²) in [5.41, 5.74) is 2.44. The van der Waals surface area contributed by atoms with E-state index in [-0.39, 0.29) is 5.91 Å². The highest BCUT2D eigenvalue weighted by Crippen LogP contribution is 2.20. The van der Waals surface area contributed by atoms with Crippen LogP contribution in [0.15, 0.2) is 30.3 Å². The summed E-state index contributed by atoms with van der Waals surface area (Å²) in [4.78, 5) is 16.8. The summed E-state index contributed by atoms with van der Waals surface area (Å²) in [6.07, 6.45) is 4.65. The van der Waals surface area contributed by atoms with E-state index in [1.54, 1.807) is 0 Å². The number of amides is 1. The van der Waals surface area contributed by atoms with Gasteiger partial charge in [0.25, 0.3) is 5.91 Å². The zero-order chi connectivity index (χ0) is 13.2. The van der Waals surface area contributed by atoms with Crippen molar-refractivity contribution in [1.29, 1.82) is 0 Å². The first-order valence-electron chi connectivity index (χ1n) is 6.91. The molecule has 0 radical (unpaired) electrons. The summed E-state index contributed by atoms with van der Waals surface area (Å²) in [7, 11) is 0. The summed E-state index contributed by atoms with van der Waals surface area (Å²) in [6.45, 7) is 1.90. The normalized spacial score (nSPS) is 15.8. The Morgan fingerprint density at radius 2 is 2.00 bits per heavy atom. The van der Waals surface area contributed by atoms with E-state index in [4.69, 9.17) is 0 Å². The summed E-state index contributed by atoms with van der Waals surface area (Å²) in [5.74, 6) is 0.0163. The number of hydrogen-bond acceptors (Lipinski definition) is 2. The van der Waals surface area contributed by atoms with E-state index < -0.39 is 0 Å². The molecule has 1 N–H and O–H groups in total. The fourth-order valence-corrected chi connectivity index (χ4v) is 2.78. The van der Waals surface area contributed by atoms with Gasteiger partial charge in [0.1, 0.15) is 0 Å². The van der Waals surface area contributed by atoms with Crippen LogP contribution in [-0.2, 0) is 0 Å². The van der Waals surface area contributed by atoms with Crippen LogP contribution in [0.25, 0.3) is 10.9 Å². The predicted octanol–water partition coefficient (Wildman–Crippen LogP) is 3.22. The Balaban J connectivity index is 1.90. The van der Waals surface area contributed by atoms with Crippen LogP contribution in [0.1, 0.15) is 41.7 Å². The Bertz CT molecular complexity index is 615. The second kappa shape index (κ2) is 5.00. The van der Waals surface area contributed by atoms with Crippen molar-refractivity contribution in [3.05, 3.63) is 41.6 Å². The van der Waals surface area contributed by atoms with Gasteiger partial charge in [-0.05, 0) is 31.9 Å². The van der Waals surface area contributed by atoms with Crippen molar-refractivity contribution in [2.75, 3.05) is 0 Å². The lowest BCUT2D eigenvalue weighted by atomic mass is 10.1. The first-order valence-corrected chi connectivity index (χ1v) is 6.91. The molecule has 1 fully saturated rings. The fraction of sp³-hybridized carbons (Fsp3) is 0.375. The zero-order valence-corrected chi connectivity index (χ0v) is 11.1. The van der Waals surface area contributed by atoms with Gasteiger partial charge in [-0.25, -0.2) is 0 Å². The minimum absolute atomic E-state index is 0.0163. The number of carbonyl (C=O) groups is 1. The van der Waals surface area contributed by atoms with E-state index >= 15 is 0 Å². The standard InChI is InChI=1S/C16H18N2O/c1-11-14(16(19)18-13-7-3-4-8-13)10-12-6-2-5-9-15(12)17-11/h2,5-6,9-10,13H,3-4,7-8H2,1H3,(H,18,19). The van der Waals surface area contributed by atoms with Gasteiger partial charge in [0, 0.05) is 11.4 Å². The molecule has 0 saturated heterocycles. The molecular weight excluding hydrogens is 236 g/mol. The number of para-hydroxylation sites is 1. The number of aryl methyl sites for hydroxylation is 1. The molecule has 98 valence electrons. The Morgan fingerprint density at radius 1 is 1.26 bits per heavy atom. The number of hydrogen-bond donors (Lipinski definition) is 1. The number of aromatic nitrogens is 1. The molecule has 1 aromatic carbocycles. The summed E-state index contributed by atoms with van der Waals surface area (Å²) in [5, 5.41) is 4.14. The molecule has 1 heterocycles. The topological polar surface area (TPSA) is 42.0 Å². The first kappa shape index (κ1) is 12.2.